The molecule has 1 unspecified atom stereocenters. The topological polar surface area (TPSA) is 79.5 Å². The minimum absolute atomic E-state index is 0.0101. The number of hydrogen-bond donors (Lipinski definition) is 2. The number of aromatic nitrogens is 1. The molecular weight excluding hydrogens is 286 g/mol. The molecule has 3 heterocycles. The van der Waals surface area contributed by atoms with Crippen LogP contribution in [0.2, 0.25) is 0 Å². The molecule has 21 heavy (non-hydrogen) atoms. The molecule has 0 aromatic carbocycles. The first-order valence-corrected chi connectivity index (χ1v) is 8.09. The zero-order valence-corrected chi connectivity index (χ0v) is 12.6. The summed E-state index contributed by atoms with van der Waals surface area (Å²) >= 11 is 1.37. The van der Waals surface area contributed by atoms with Gasteiger partial charge < -0.3 is 15.7 Å². The maximum Gasteiger partial charge on any atom is 0.266 e. The number of amides is 1. The van der Waals surface area contributed by atoms with Crippen molar-refractivity contribution < 1.29 is 9.90 Å². The summed E-state index contributed by atoms with van der Waals surface area (Å²) in [5, 5.41) is 9.84. The highest BCUT2D eigenvalue weighted by Gasteiger charge is 2.31. The molecular formula is C15H19N3O2S. The van der Waals surface area contributed by atoms with Crippen LogP contribution in [0.3, 0.4) is 0 Å². The molecule has 0 spiro atoms. The summed E-state index contributed by atoms with van der Waals surface area (Å²) in [6, 6.07) is 3.96. The van der Waals surface area contributed by atoms with Crippen LogP contribution in [0.1, 0.15) is 35.4 Å². The Balaban J connectivity index is 1.87. The monoisotopic (exact) mass is 305 g/mol. The molecule has 112 valence electrons. The molecule has 0 aliphatic carbocycles. The Kier molecular flexibility index (Phi) is 4.07. The van der Waals surface area contributed by atoms with Crippen molar-refractivity contribution in [2.45, 2.75) is 31.7 Å². The lowest BCUT2D eigenvalue weighted by atomic mass is 10.1. The molecule has 0 bridgehead atoms. The van der Waals surface area contributed by atoms with E-state index in [9.17, 15) is 4.79 Å². The van der Waals surface area contributed by atoms with Gasteiger partial charge in [0.15, 0.2) is 0 Å². The second kappa shape index (κ2) is 5.99. The molecule has 1 aliphatic rings. The standard InChI is InChI=1S/C15H19N3O2S/c16-12-11-6-1-7-17-14(11)21-13(12)15(20)18-8-2-4-10(18)5-3-9-19/h1,6-7,10,19H,2-5,8-9,16H2. The lowest BCUT2D eigenvalue weighted by Crippen LogP contribution is -2.35. The molecule has 3 rings (SSSR count). The van der Waals surface area contributed by atoms with E-state index in [1.165, 1.54) is 11.3 Å². The van der Waals surface area contributed by atoms with Crippen LogP contribution in [-0.2, 0) is 0 Å². The van der Waals surface area contributed by atoms with E-state index >= 15 is 0 Å². The Morgan fingerprint density at radius 3 is 3.19 bits per heavy atom. The van der Waals surface area contributed by atoms with Crippen LogP contribution in [0.5, 0.6) is 0 Å². The highest BCUT2D eigenvalue weighted by molar-refractivity contribution is 7.21. The summed E-state index contributed by atoms with van der Waals surface area (Å²) in [6.45, 7) is 0.948. The van der Waals surface area contributed by atoms with E-state index in [2.05, 4.69) is 4.98 Å². The van der Waals surface area contributed by atoms with Gasteiger partial charge in [-0.15, -0.1) is 11.3 Å². The van der Waals surface area contributed by atoms with Crippen molar-refractivity contribution in [2.24, 2.45) is 0 Å². The molecule has 0 saturated carbocycles. The number of pyridine rings is 1. The molecule has 6 heteroatoms. The summed E-state index contributed by atoms with van der Waals surface area (Å²) in [5.41, 5.74) is 6.68. The number of likely N-dealkylation sites (tertiary alicyclic amines) is 1. The number of fused-ring (bicyclic) bond motifs is 1. The Bertz CT molecular complexity index is 655. The highest BCUT2D eigenvalue weighted by atomic mass is 32.1. The number of carbonyl (C=O) groups is 1. The van der Waals surface area contributed by atoms with E-state index in [0.717, 1.165) is 42.4 Å². The summed E-state index contributed by atoms with van der Waals surface area (Å²) in [5.74, 6) is 0.0101. The maximum atomic E-state index is 12.8. The first-order valence-electron chi connectivity index (χ1n) is 7.27. The van der Waals surface area contributed by atoms with E-state index in [0.29, 0.717) is 10.6 Å². The maximum absolute atomic E-state index is 12.8. The fraction of sp³-hybridized carbons (Fsp3) is 0.467. The second-order valence-electron chi connectivity index (χ2n) is 5.36. The largest absolute Gasteiger partial charge is 0.397 e. The average molecular weight is 305 g/mol. The van der Waals surface area contributed by atoms with E-state index in [1.54, 1.807) is 6.20 Å². The van der Waals surface area contributed by atoms with Crippen LogP contribution >= 0.6 is 11.3 Å². The normalized spacial score (nSPS) is 18.5. The zero-order chi connectivity index (χ0) is 14.8. The third kappa shape index (κ3) is 2.61. The number of thiophene rings is 1. The summed E-state index contributed by atoms with van der Waals surface area (Å²) in [7, 11) is 0. The third-order valence-corrected chi connectivity index (χ3v) is 5.15. The van der Waals surface area contributed by atoms with Crippen molar-refractivity contribution in [1.29, 1.82) is 0 Å². The minimum atomic E-state index is 0.0101. The van der Waals surface area contributed by atoms with Crippen molar-refractivity contribution in [1.82, 2.24) is 9.88 Å². The van der Waals surface area contributed by atoms with Gasteiger partial charge in [0, 0.05) is 30.8 Å². The van der Waals surface area contributed by atoms with Gasteiger partial charge in [0.05, 0.1) is 5.69 Å². The zero-order valence-electron chi connectivity index (χ0n) is 11.8. The van der Waals surface area contributed by atoms with Crippen LogP contribution in [0.25, 0.3) is 10.2 Å². The summed E-state index contributed by atoms with van der Waals surface area (Å²) in [4.78, 5) is 20.4. The van der Waals surface area contributed by atoms with Crippen molar-refractivity contribution in [2.75, 3.05) is 18.9 Å². The lowest BCUT2D eigenvalue weighted by molar-refractivity contribution is 0.0730. The smallest absolute Gasteiger partial charge is 0.266 e. The Labute approximate surface area is 127 Å². The van der Waals surface area contributed by atoms with Gasteiger partial charge in [0.25, 0.3) is 5.91 Å². The molecule has 1 atom stereocenters. The summed E-state index contributed by atoms with van der Waals surface area (Å²) in [6.07, 6.45) is 5.33. The van der Waals surface area contributed by atoms with Gasteiger partial charge in [0.1, 0.15) is 9.71 Å². The molecule has 1 saturated heterocycles. The quantitative estimate of drug-likeness (QED) is 0.908. The third-order valence-electron chi connectivity index (χ3n) is 4.03. The van der Waals surface area contributed by atoms with Crippen molar-refractivity contribution in [3.8, 4) is 0 Å². The van der Waals surface area contributed by atoms with Crippen molar-refractivity contribution in [3.05, 3.63) is 23.2 Å². The molecule has 1 amide bonds. The Morgan fingerprint density at radius 2 is 2.43 bits per heavy atom. The van der Waals surface area contributed by atoms with Crippen LogP contribution in [-0.4, -0.2) is 40.1 Å². The number of nitrogens with zero attached hydrogens (tertiary/aromatic N) is 2. The SMILES string of the molecule is Nc1c(C(=O)N2CCCC2CCCO)sc2ncccc12. The number of nitrogens with two attached hydrogens (primary N) is 1. The molecule has 2 aromatic rings. The Hall–Kier alpha value is -1.66. The van der Waals surface area contributed by atoms with Crippen molar-refractivity contribution in [3.63, 3.8) is 0 Å². The number of hydrogen-bond acceptors (Lipinski definition) is 5. The van der Waals surface area contributed by atoms with Gasteiger partial charge in [-0.25, -0.2) is 4.98 Å². The number of anilines is 1. The predicted molar refractivity (Wildman–Crippen MR) is 84.4 cm³/mol. The predicted octanol–water partition coefficient (Wildman–Crippen LogP) is 2.26. The number of nitrogen functional groups attached to an aromatic ring is 1. The van der Waals surface area contributed by atoms with E-state index in [4.69, 9.17) is 10.8 Å². The molecule has 5 nitrogen and oxygen atoms in total. The van der Waals surface area contributed by atoms with Gasteiger partial charge in [-0.3, -0.25) is 4.79 Å². The molecule has 0 radical (unpaired) electrons. The number of aliphatic hydroxyl groups excluding tert-OH is 1. The average Bonchev–Trinajstić information content (AvgIpc) is 3.10. The first-order chi connectivity index (χ1) is 10.2. The molecule has 1 fully saturated rings. The molecule has 1 aliphatic heterocycles. The fourth-order valence-corrected chi connectivity index (χ4v) is 3.99. The van der Waals surface area contributed by atoms with Crippen LogP contribution in [0, 0.1) is 0 Å². The number of carbonyl (C=O) groups excluding carboxylic acids is 1. The number of aliphatic hydroxyl groups is 1. The summed E-state index contributed by atoms with van der Waals surface area (Å²) < 4.78 is 0. The first kappa shape index (κ1) is 14.3. The molecule has 2 aromatic heterocycles. The van der Waals surface area contributed by atoms with Gasteiger partial charge in [-0.2, -0.15) is 0 Å². The Morgan fingerprint density at radius 1 is 1.57 bits per heavy atom. The van der Waals surface area contributed by atoms with Gasteiger partial charge >= 0.3 is 0 Å². The van der Waals surface area contributed by atoms with E-state index in [1.807, 2.05) is 17.0 Å². The second-order valence-corrected chi connectivity index (χ2v) is 6.36. The lowest BCUT2D eigenvalue weighted by Gasteiger charge is -2.24. The van der Waals surface area contributed by atoms with Crippen LogP contribution in [0.4, 0.5) is 5.69 Å². The minimum Gasteiger partial charge on any atom is -0.397 e. The highest BCUT2D eigenvalue weighted by Crippen LogP contribution is 2.34. The molecule has 3 N–H and O–H groups in total. The van der Waals surface area contributed by atoms with Gasteiger partial charge in [0.2, 0.25) is 0 Å². The van der Waals surface area contributed by atoms with Crippen molar-refractivity contribution >= 4 is 33.1 Å². The van der Waals surface area contributed by atoms with Gasteiger partial charge in [-0.05, 0) is 37.8 Å². The van der Waals surface area contributed by atoms with E-state index < -0.39 is 0 Å². The number of rotatable bonds is 4. The van der Waals surface area contributed by atoms with E-state index in [-0.39, 0.29) is 18.6 Å². The van der Waals surface area contributed by atoms with Crippen LogP contribution < -0.4 is 5.73 Å². The van der Waals surface area contributed by atoms with Gasteiger partial charge in [-0.1, -0.05) is 0 Å². The fourth-order valence-electron chi connectivity index (χ4n) is 2.97. The van der Waals surface area contributed by atoms with Crippen LogP contribution in [0.15, 0.2) is 18.3 Å².